The van der Waals surface area contributed by atoms with Crippen LogP contribution in [0.5, 0.6) is 0 Å². The molecule has 0 aromatic carbocycles. The van der Waals surface area contributed by atoms with Crippen molar-refractivity contribution >= 4 is 17.8 Å². The Morgan fingerprint density at radius 3 is 2.45 bits per heavy atom. The molecule has 1 aliphatic heterocycles. The van der Waals surface area contributed by atoms with Crippen LogP contribution in [-0.4, -0.2) is 59.5 Å². The summed E-state index contributed by atoms with van der Waals surface area (Å²) in [5, 5.41) is 14.7. The minimum absolute atomic E-state index is 0.0835. The van der Waals surface area contributed by atoms with Crippen molar-refractivity contribution in [2.75, 3.05) is 26.2 Å². The first-order valence-electron chi connectivity index (χ1n) is 6.92. The lowest BCUT2D eigenvalue weighted by Gasteiger charge is -2.33. The molecule has 1 rings (SSSR count). The summed E-state index contributed by atoms with van der Waals surface area (Å²) in [5.74, 6) is -1.21. The fraction of sp³-hybridized carbons (Fsp3) is 0.769. The lowest BCUT2D eigenvalue weighted by Crippen LogP contribution is -2.53. The lowest BCUT2D eigenvalue weighted by molar-refractivity contribution is -0.150. The van der Waals surface area contributed by atoms with E-state index in [9.17, 15) is 19.5 Å². The number of likely N-dealkylation sites (tertiary alicyclic amines) is 1. The molecule has 1 heterocycles. The van der Waals surface area contributed by atoms with Gasteiger partial charge in [-0.3, -0.25) is 19.3 Å². The first kappa shape index (κ1) is 16.4. The highest BCUT2D eigenvalue weighted by Gasteiger charge is 2.46. The average Bonchev–Trinajstić information content (AvgIpc) is 2.78. The third kappa shape index (κ3) is 3.93. The molecular formula is C13H23N3O4. The number of hydrogen-bond acceptors (Lipinski definition) is 4. The highest BCUT2D eigenvalue weighted by molar-refractivity contribution is 5.82. The Hall–Kier alpha value is -1.63. The van der Waals surface area contributed by atoms with Gasteiger partial charge in [-0.05, 0) is 25.8 Å². The van der Waals surface area contributed by atoms with Crippen LogP contribution in [0.15, 0.2) is 0 Å². The van der Waals surface area contributed by atoms with Gasteiger partial charge in [-0.15, -0.1) is 0 Å². The van der Waals surface area contributed by atoms with Crippen LogP contribution in [0.3, 0.4) is 0 Å². The molecule has 0 aromatic heterocycles. The summed E-state index contributed by atoms with van der Waals surface area (Å²) in [6.45, 7) is 4.67. The van der Waals surface area contributed by atoms with Crippen molar-refractivity contribution in [2.45, 2.75) is 38.6 Å². The third-order valence-electron chi connectivity index (χ3n) is 3.76. The topological polar surface area (TPSA) is 98.7 Å². The second kappa shape index (κ2) is 7.23. The Morgan fingerprint density at radius 2 is 1.90 bits per heavy atom. The van der Waals surface area contributed by atoms with E-state index in [0.29, 0.717) is 32.5 Å². The predicted octanol–water partition coefficient (Wildman–Crippen LogP) is -0.432. The summed E-state index contributed by atoms with van der Waals surface area (Å²) < 4.78 is 0. The maximum Gasteiger partial charge on any atom is 0.324 e. The Morgan fingerprint density at radius 1 is 1.25 bits per heavy atom. The highest BCUT2D eigenvalue weighted by Crippen LogP contribution is 2.32. The average molecular weight is 285 g/mol. The Balaban J connectivity index is 2.44. The molecule has 2 amide bonds. The summed E-state index contributed by atoms with van der Waals surface area (Å²) in [7, 11) is 0. The second-order valence-corrected chi connectivity index (χ2v) is 5.05. The zero-order valence-electron chi connectivity index (χ0n) is 12.1. The van der Waals surface area contributed by atoms with E-state index in [1.165, 1.54) is 6.92 Å². The number of rotatable bonds is 7. The largest absolute Gasteiger partial charge is 0.480 e. The van der Waals surface area contributed by atoms with Crippen LogP contribution >= 0.6 is 0 Å². The Labute approximate surface area is 118 Å². The molecule has 1 saturated heterocycles. The quantitative estimate of drug-likeness (QED) is 0.551. The second-order valence-electron chi connectivity index (χ2n) is 5.05. The summed E-state index contributed by atoms with van der Waals surface area (Å²) in [6.07, 6.45) is 1.86. The van der Waals surface area contributed by atoms with Crippen molar-refractivity contribution in [2.24, 2.45) is 0 Å². The number of carboxylic acids is 1. The number of hydrogen-bond donors (Lipinski definition) is 3. The van der Waals surface area contributed by atoms with Gasteiger partial charge in [0, 0.05) is 20.0 Å². The van der Waals surface area contributed by atoms with Gasteiger partial charge in [0.2, 0.25) is 11.8 Å². The maximum absolute atomic E-state index is 11.8. The number of nitrogens with one attached hydrogen (secondary N) is 2. The minimum atomic E-state index is -0.908. The van der Waals surface area contributed by atoms with E-state index in [2.05, 4.69) is 10.6 Å². The number of carbonyl (C=O) groups is 3. The number of amides is 2. The molecule has 1 fully saturated rings. The molecule has 114 valence electrons. The van der Waals surface area contributed by atoms with Crippen molar-refractivity contribution in [3.8, 4) is 0 Å². The van der Waals surface area contributed by atoms with E-state index >= 15 is 0 Å². The molecule has 7 nitrogen and oxygen atoms in total. The van der Waals surface area contributed by atoms with E-state index in [-0.39, 0.29) is 18.4 Å². The van der Waals surface area contributed by atoms with Gasteiger partial charge in [0.1, 0.15) is 5.54 Å². The molecule has 3 N–H and O–H groups in total. The molecule has 20 heavy (non-hydrogen) atoms. The van der Waals surface area contributed by atoms with Crippen molar-refractivity contribution in [3.63, 3.8) is 0 Å². The Kier molecular flexibility index (Phi) is 5.94. The zero-order valence-corrected chi connectivity index (χ0v) is 12.1. The molecular weight excluding hydrogens is 262 g/mol. The molecule has 0 saturated carbocycles. The van der Waals surface area contributed by atoms with Crippen molar-refractivity contribution < 1.29 is 19.5 Å². The molecule has 1 atom stereocenters. The van der Waals surface area contributed by atoms with E-state index in [0.717, 1.165) is 6.42 Å². The van der Waals surface area contributed by atoms with Crippen LogP contribution in [0, 0.1) is 0 Å². The smallest absolute Gasteiger partial charge is 0.324 e. The maximum atomic E-state index is 11.8. The molecule has 1 aliphatic rings. The van der Waals surface area contributed by atoms with Gasteiger partial charge in [-0.2, -0.15) is 0 Å². The van der Waals surface area contributed by atoms with E-state index in [1.807, 2.05) is 6.92 Å². The van der Waals surface area contributed by atoms with E-state index < -0.39 is 11.5 Å². The van der Waals surface area contributed by atoms with Crippen LogP contribution in [0.4, 0.5) is 0 Å². The number of nitrogens with zero attached hydrogens (tertiary/aromatic N) is 1. The number of aliphatic carboxylic acids is 1. The first-order valence-corrected chi connectivity index (χ1v) is 6.92. The van der Waals surface area contributed by atoms with Crippen molar-refractivity contribution in [1.82, 2.24) is 15.5 Å². The molecule has 0 radical (unpaired) electrons. The van der Waals surface area contributed by atoms with E-state index in [4.69, 9.17) is 0 Å². The fourth-order valence-electron chi connectivity index (χ4n) is 2.63. The monoisotopic (exact) mass is 285 g/mol. The highest BCUT2D eigenvalue weighted by atomic mass is 16.4. The first-order chi connectivity index (χ1) is 9.42. The predicted molar refractivity (Wildman–Crippen MR) is 73.2 cm³/mol. The molecule has 0 aliphatic carbocycles. The van der Waals surface area contributed by atoms with Gasteiger partial charge in [0.25, 0.3) is 0 Å². The van der Waals surface area contributed by atoms with Gasteiger partial charge in [0.15, 0.2) is 0 Å². The summed E-state index contributed by atoms with van der Waals surface area (Å²) in [5.41, 5.74) is -0.908. The Bertz CT molecular complexity index is 386. The van der Waals surface area contributed by atoms with Crippen molar-refractivity contribution in [1.29, 1.82) is 0 Å². The van der Waals surface area contributed by atoms with Gasteiger partial charge in [-0.25, -0.2) is 0 Å². The number of carbonyl (C=O) groups excluding carboxylic acids is 2. The van der Waals surface area contributed by atoms with Gasteiger partial charge in [-0.1, -0.05) is 6.92 Å². The summed E-state index contributed by atoms with van der Waals surface area (Å²) in [6, 6.07) is 0. The normalized spacial score (nSPS) is 22.5. The van der Waals surface area contributed by atoms with Crippen molar-refractivity contribution in [3.05, 3.63) is 0 Å². The third-order valence-corrected chi connectivity index (χ3v) is 3.76. The minimum Gasteiger partial charge on any atom is -0.480 e. The van der Waals surface area contributed by atoms with Crippen LogP contribution in [0.2, 0.25) is 0 Å². The number of carboxylic acid groups (broad SMARTS) is 1. The van der Waals surface area contributed by atoms with Gasteiger partial charge >= 0.3 is 5.97 Å². The fourth-order valence-corrected chi connectivity index (χ4v) is 2.63. The zero-order chi connectivity index (χ0) is 15.2. The van der Waals surface area contributed by atoms with Gasteiger partial charge < -0.3 is 15.7 Å². The summed E-state index contributed by atoms with van der Waals surface area (Å²) in [4.78, 5) is 35.7. The molecule has 0 spiro atoms. The van der Waals surface area contributed by atoms with Crippen LogP contribution in [0.25, 0.3) is 0 Å². The van der Waals surface area contributed by atoms with Crippen LogP contribution in [0.1, 0.15) is 33.1 Å². The summed E-state index contributed by atoms with van der Waals surface area (Å²) >= 11 is 0. The van der Waals surface area contributed by atoms with Gasteiger partial charge in [0.05, 0.1) is 6.54 Å². The van der Waals surface area contributed by atoms with E-state index in [1.54, 1.807) is 4.90 Å². The molecule has 0 bridgehead atoms. The molecule has 0 aromatic rings. The molecule has 7 heteroatoms. The standard InChI is InChI=1S/C13H23N3O4/c1-3-13(12(19)20)5-4-8-16(13)9-11(18)15-7-6-14-10(2)17/h3-9H2,1-2H3,(H,14,17)(H,15,18)(H,19,20). The lowest BCUT2D eigenvalue weighted by atomic mass is 9.93. The SMILES string of the molecule is CCC1(C(=O)O)CCCN1CC(=O)NCCNC(C)=O. The molecule has 1 unspecified atom stereocenters. The van der Waals surface area contributed by atoms with Crippen LogP contribution in [-0.2, 0) is 14.4 Å². The van der Waals surface area contributed by atoms with Crippen LogP contribution < -0.4 is 10.6 Å².